The Morgan fingerprint density at radius 3 is 2.62 bits per heavy atom. The summed E-state index contributed by atoms with van der Waals surface area (Å²) in [4.78, 5) is 14.5. The molecule has 2 N–H and O–H groups in total. The van der Waals surface area contributed by atoms with E-state index in [0.29, 0.717) is 17.9 Å². The molecule has 8 nitrogen and oxygen atoms in total. The van der Waals surface area contributed by atoms with Gasteiger partial charge in [-0.2, -0.15) is 8.42 Å². The van der Waals surface area contributed by atoms with Gasteiger partial charge in [0.1, 0.15) is 17.7 Å². The Labute approximate surface area is 188 Å². The van der Waals surface area contributed by atoms with Crippen LogP contribution in [0.15, 0.2) is 57.8 Å². The molecule has 1 fully saturated rings. The summed E-state index contributed by atoms with van der Waals surface area (Å²) in [7, 11) is -1.94. The highest BCUT2D eigenvalue weighted by molar-refractivity contribution is 7.90. The van der Waals surface area contributed by atoms with Gasteiger partial charge in [-0.3, -0.25) is 0 Å². The van der Waals surface area contributed by atoms with Gasteiger partial charge in [0.2, 0.25) is 0 Å². The van der Waals surface area contributed by atoms with Crippen LogP contribution in [-0.2, 0) is 10.0 Å². The fraction of sp³-hybridized carbons (Fsp3) is 0.391. The van der Waals surface area contributed by atoms with E-state index >= 15 is 0 Å². The molecule has 2 aliphatic heterocycles. The van der Waals surface area contributed by atoms with Crippen LogP contribution in [0.2, 0.25) is 0 Å². The lowest BCUT2D eigenvalue weighted by Gasteiger charge is -2.18. The molecule has 0 aliphatic carbocycles. The summed E-state index contributed by atoms with van der Waals surface area (Å²) in [5.41, 5.74) is 1.42. The second-order valence-electron chi connectivity index (χ2n) is 8.18. The summed E-state index contributed by atoms with van der Waals surface area (Å²) in [6, 6.07) is 13.0. The lowest BCUT2D eigenvalue weighted by atomic mass is 10.1. The highest BCUT2D eigenvalue weighted by Crippen LogP contribution is 2.36. The topological polar surface area (TPSA) is 100 Å². The maximum atomic E-state index is 12.7. The molecular formula is C23H28N4O4S. The molecule has 2 atom stereocenters. The van der Waals surface area contributed by atoms with Crippen molar-refractivity contribution >= 4 is 27.6 Å². The maximum Gasteiger partial charge on any atom is 0.319 e. The summed E-state index contributed by atoms with van der Waals surface area (Å²) in [5, 5.41) is 5.67. The summed E-state index contributed by atoms with van der Waals surface area (Å²) >= 11 is 0. The zero-order chi connectivity index (χ0) is 22.7. The third kappa shape index (κ3) is 4.88. The highest BCUT2D eigenvalue weighted by Gasteiger charge is 2.32. The number of sulfonamides is 1. The van der Waals surface area contributed by atoms with Crippen molar-refractivity contribution in [2.75, 3.05) is 18.9 Å². The van der Waals surface area contributed by atoms with Crippen molar-refractivity contribution in [1.82, 2.24) is 10.2 Å². The van der Waals surface area contributed by atoms with E-state index in [2.05, 4.69) is 15.0 Å². The van der Waals surface area contributed by atoms with Crippen LogP contribution in [0.3, 0.4) is 0 Å². The van der Waals surface area contributed by atoms with Crippen molar-refractivity contribution in [3.05, 3.63) is 54.1 Å². The van der Waals surface area contributed by atoms with Crippen LogP contribution in [-0.4, -0.2) is 44.9 Å². The number of hydrogen-bond acceptors (Lipinski definition) is 4. The van der Waals surface area contributed by atoms with E-state index in [1.807, 2.05) is 43.1 Å². The first-order chi connectivity index (χ1) is 15.3. The van der Waals surface area contributed by atoms with Crippen LogP contribution in [0.4, 0.5) is 10.5 Å². The summed E-state index contributed by atoms with van der Waals surface area (Å²) < 4.78 is 35.3. The molecule has 2 aromatic carbocycles. The number of likely N-dealkylation sites (tertiary alicyclic amines) is 1. The Morgan fingerprint density at radius 2 is 1.84 bits per heavy atom. The van der Waals surface area contributed by atoms with Gasteiger partial charge < -0.3 is 20.3 Å². The Balaban J connectivity index is 1.42. The molecule has 4 rings (SSSR count). The highest BCUT2D eigenvalue weighted by atomic mass is 32.2. The number of hydrogen-bond donors (Lipinski definition) is 2. The molecule has 2 aliphatic rings. The molecule has 0 bridgehead atoms. The Kier molecular flexibility index (Phi) is 6.36. The molecule has 170 valence electrons. The van der Waals surface area contributed by atoms with Crippen molar-refractivity contribution in [1.29, 1.82) is 0 Å². The van der Waals surface area contributed by atoms with Crippen molar-refractivity contribution < 1.29 is 17.9 Å². The summed E-state index contributed by atoms with van der Waals surface area (Å²) in [6.07, 6.45) is 3.51. The lowest BCUT2D eigenvalue weighted by molar-refractivity contribution is 0.204. The van der Waals surface area contributed by atoms with Crippen molar-refractivity contribution in [3.63, 3.8) is 0 Å². The summed E-state index contributed by atoms with van der Waals surface area (Å²) in [6.45, 7) is 2.71. The normalized spacial score (nSPS) is 22.1. The largest absolute Gasteiger partial charge is 0.488 e. The van der Waals surface area contributed by atoms with Crippen LogP contribution in [0.1, 0.15) is 44.2 Å². The number of anilines is 1. The first-order valence-corrected chi connectivity index (χ1v) is 12.3. The van der Waals surface area contributed by atoms with Crippen LogP contribution in [0, 0.1) is 0 Å². The zero-order valence-corrected chi connectivity index (χ0v) is 19.1. The number of para-hydroxylation sites is 1. The number of benzene rings is 2. The average Bonchev–Trinajstić information content (AvgIpc) is 2.93. The zero-order valence-electron chi connectivity index (χ0n) is 18.2. The second-order valence-corrected chi connectivity index (χ2v) is 9.78. The predicted octanol–water partition coefficient (Wildman–Crippen LogP) is 3.92. The number of carbonyl (C=O) groups excluding carboxylic acids is 1. The quantitative estimate of drug-likeness (QED) is 0.726. The van der Waals surface area contributed by atoms with E-state index in [0.717, 1.165) is 37.1 Å². The number of amides is 2. The molecule has 0 saturated carbocycles. The van der Waals surface area contributed by atoms with Crippen molar-refractivity contribution in [2.24, 2.45) is 4.40 Å². The minimum Gasteiger partial charge on any atom is -0.488 e. The van der Waals surface area contributed by atoms with Gasteiger partial charge in [0.05, 0.1) is 10.9 Å². The van der Waals surface area contributed by atoms with E-state index in [1.54, 1.807) is 12.1 Å². The van der Waals surface area contributed by atoms with Gasteiger partial charge in [-0.25, -0.2) is 4.79 Å². The molecule has 2 amide bonds. The number of amidine groups is 1. The van der Waals surface area contributed by atoms with Gasteiger partial charge in [0.15, 0.2) is 0 Å². The fourth-order valence-corrected chi connectivity index (χ4v) is 5.11. The SMILES string of the molecule is CC1Oc2ccccc2C1NC(=O)Nc1ccc(S(=O)(=O)/N=C2/CCCCCN2C)cc1. The number of rotatable bonds is 4. The number of nitrogens with zero attached hydrogens (tertiary/aromatic N) is 2. The molecule has 0 radical (unpaired) electrons. The minimum atomic E-state index is -3.81. The van der Waals surface area contributed by atoms with Gasteiger partial charge >= 0.3 is 6.03 Å². The second kappa shape index (κ2) is 9.20. The number of nitrogens with one attached hydrogen (secondary N) is 2. The molecule has 9 heteroatoms. The van der Waals surface area contributed by atoms with Gasteiger partial charge in [-0.05, 0) is 50.1 Å². The predicted molar refractivity (Wildman–Crippen MR) is 124 cm³/mol. The van der Waals surface area contributed by atoms with E-state index in [4.69, 9.17) is 4.74 Å². The average molecular weight is 457 g/mol. The van der Waals surface area contributed by atoms with E-state index in [9.17, 15) is 13.2 Å². The van der Waals surface area contributed by atoms with Crippen LogP contribution < -0.4 is 15.4 Å². The molecule has 1 saturated heterocycles. The number of carbonyl (C=O) groups is 1. The molecule has 0 spiro atoms. The van der Waals surface area contributed by atoms with E-state index in [-0.39, 0.29) is 17.0 Å². The van der Waals surface area contributed by atoms with Gasteiger partial charge in [0, 0.05) is 31.3 Å². The van der Waals surface area contributed by atoms with E-state index < -0.39 is 16.1 Å². The van der Waals surface area contributed by atoms with Gasteiger partial charge in [-0.1, -0.05) is 24.6 Å². The standard InChI is InChI=1S/C23H28N4O4S/c1-16-22(19-8-5-6-9-20(19)31-16)25-23(28)24-17-11-13-18(14-12-17)32(29,30)26-21-10-4-3-7-15-27(21)2/h5-6,8-9,11-14,16,22H,3-4,7,10,15H2,1-2H3,(H2,24,25,28)/b26-21-. The van der Waals surface area contributed by atoms with Crippen molar-refractivity contribution in [3.8, 4) is 5.75 Å². The Bertz CT molecular complexity index is 1120. The van der Waals surface area contributed by atoms with Gasteiger partial charge in [0.25, 0.3) is 10.0 Å². The van der Waals surface area contributed by atoms with Crippen LogP contribution >= 0.6 is 0 Å². The van der Waals surface area contributed by atoms with Crippen LogP contribution in [0.25, 0.3) is 0 Å². The molecular weight excluding hydrogens is 428 g/mol. The monoisotopic (exact) mass is 456 g/mol. The molecule has 2 aromatic rings. The maximum absolute atomic E-state index is 12.7. The smallest absolute Gasteiger partial charge is 0.319 e. The molecule has 2 unspecified atom stereocenters. The fourth-order valence-electron chi connectivity index (χ4n) is 4.02. The first kappa shape index (κ1) is 22.1. The summed E-state index contributed by atoms with van der Waals surface area (Å²) in [5.74, 6) is 1.36. The third-order valence-electron chi connectivity index (χ3n) is 5.79. The van der Waals surface area contributed by atoms with Crippen molar-refractivity contribution in [2.45, 2.75) is 49.6 Å². The number of fused-ring (bicyclic) bond motifs is 1. The van der Waals surface area contributed by atoms with E-state index in [1.165, 1.54) is 12.1 Å². The first-order valence-electron chi connectivity index (χ1n) is 10.8. The lowest BCUT2D eigenvalue weighted by Crippen LogP contribution is -2.36. The Hall–Kier alpha value is -3.07. The Morgan fingerprint density at radius 1 is 1.09 bits per heavy atom. The van der Waals surface area contributed by atoms with Crippen LogP contribution in [0.5, 0.6) is 5.75 Å². The minimum absolute atomic E-state index is 0.0975. The van der Waals surface area contributed by atoms with Gasteiger partial charge in [-0.15, -0.1) is 4.40 Å². The third-order valence-corrected chi connectivity index (χ3v) is 7.11. The number of urea groups is 1. The molecule has 2 heterocycles. The molecule has 0 aromatic heterocycles. The number of ether oxygens (including phenoxy) is 1. The molecule has 32 heavy (non-hydrogen) atoms.